The third-order valence-corrected chi connectivity index (χ3v) is 6.73. The zero-order valence-corrected chi connectivity index (χ0v) is 25.8. The first-order valence-electron chi connectivity index (χ1n) is 14.4. The van der Waals surface area contributed by atoms with Crippen molar-refractivity contribution in [3.05, 3.63) is 66.5 Å². The van der Waals surface area contributed by atoms with Gasteiger partial charge in [0.05, 0.1) is 6.20 Å². The van der Waals surface area contributed by atoms with E-state index in [1.165, 1.54) is 17.8 Å². The molecule has 1 aliphatic rings. The molecule has 0 unspecified atom stereocenters. The fourth-order valence-electron chi connectivity index (χ4n) is 4.82. The van der Waals surface area contributed by atoms with Gasteiger partial charge in [-0.05, 0) is 24.3 Å². The Morgan fingerprint density at radius 3 is 2.11 bits per heavy atom. The number of hydrogen-bond acceptors (Lipinski definition) is 15. The molecule has 5 rings (SSSR count). The van der Waals surface area contributed by atoms with Crippen LogP contribution in [-0.2, 0) is 49.5 Å². The Balaban J connectivity index is 1.31. The molecule has 0 N–H and O–H groups in total. The Labute approximate surface area is 267 Å². The summed E-state index contributed by atoms with van der Waals surface area (Å²) < 4.78 is 40.1. The van der Waals surface area contributed by atoms with Crippen molar-refractivity contribution in [1.29, 1.82) is 0 Å². The number of hydrogen-bond donors (Lipinski definition) is 0. The number of aromatic nitrogens is 5. The second-order valence-electron chi connectivity index (χ2n) is 10.4. The zero-order valence-electron chi connectivity index (χ0n) is 25.8. The summed E-state index contributed by atoms with van der Waals surface area (Å²) in [6.07, 6.45) is -4.84. The maximum Gasteiger partial charge on any atom is 0.303 e. The lowest BCUT2D eigenvalue weighted by Crippen LogP contribution is -2.60. The van der Waals surface area contributed by atoms with Gasteiger partial charge >= 0.3 is 23.9 Å². The number of esters is 4. The van der Waals surface area contributed by atoms with Gasteiger partial charge in [-0.1, -0.05) is 40.7 Å². The van der Waals surface area contributed by atoms with Crippen molar-refractivity contribution in [2.45, 2.75) is 64.9 Å². The number of ether oxygens (including phenoxy) is 6. The van der Waals surface area contributed by atoms with E-state index < -0.39 is 54.5 Å². The Kier molecular flexibility index (Phi) is 10.2. The van der Waals surface area contributed by atoms with Gasteiger partial charge in [0, 0.05) is 38.8 Å². The predicted molar refractivity (Wildman–Crippen MR) is 157 cm³/mol. The van der Waals surface area contributed by atoms with Crippen molar-refractivity contribution in [3.63, 3.8) is 0 Å². The van der Waals surface area contributed by atoms with Gasteiger partial charge in [0.1, 0.15) is 30.8 Å². The highest BCUT2D eigenvalue weighted by Gasteiger charge is 2.53. The molecule has 0 spiro atoms. The molecule has 246 valence electrons. The second kappa shape index (κ2) is 14.6. The van der Waals surface area contributed by atoms with Crippen LogP contribution in [0, 0.1) is 0 Å². The van der Waals surface area contributed by atoms with Crippen LogP contribution in [-0.4, -0.2) is 80.0 Å². The lowest BCUT2D eigenvalue weighted by Gasteiger charge is -2.44. The minimum atomic E-state index is -1.34. The molecule has 0 bridgehead atoms. The first-order valence-corrected chi connectivity index (χ1v) is 14.4. The summed E-state index contributed by atoms with van der Waals surface area (Å²) in [7, 11) is 0. The van der Waals surface area contributed by atoms with Crippen LogP contribution in [0.5, 0.6) is 5.75 Å². The first kappa shape index (κ1) is 32.7. The molecule has 0 radical (unpaired) electrons. The summed E-state index contributed by atoms with van der Waals surface area (Å²) in [5.74, 6) is -1.50. The van der Waals surface area contributed by atoms with E-state index in [-0.39, 0.29) is 13.2 Å². The molecule has 16 heteroatoms. The van der Waals surface area contributed by atoms with E-state index in [9.17, 15) is 19.2 Å². The van der Waals surface area contributed by atoms with Gasteiger partial charge in [0.25, 0.3) is 5.89 Å². The number of rotatable bonds is 11. The lowest BCUT2D eigenvalue weighted by molar-refractivity contribution is -0.270. The largest absolute Gasteiger partial charge is 0.487 e. The van der Waals surface area contributed by atoms with Gasteiger partial charge < -0.3 is 32.9 Å². The van der Waals surface area contributed by atoms with Crippen LogP contribution in [0.3, 0.4) is 0 Å². The minimum Gasteiger partial charge on any atom is -0.487 e. The summed E-state index contributed by atoms with van der Waals surface area (Å²) in [6, 6.07) is 16.4. The molecule has 2 aromatic carbocycles. The summed E-state index contributed by atoms with van der Waals surface area (Å²) >= 11 is 0. The SMILES string of the molecule is CC(=O)OC[C@H]1O[C@@H](n2cc(COc3ccc(-c4nc(-c5ccccc5)no4)cc3)nn2)[C@H](OC(C)=O)[C@@H](OC(C)=O)[C@@H]1OC(C)=O. The second-order valence-corrected chi connectivity index (χ2v) is 10.4. The lowest BCUT2D eigenvalue weighted by atomic mass is 9.97. The van der Waals surface area contributed by atoms with Crippen LogP contribution < -0.4 is 4.74 Å². The number of carbonyl (C=O) groups is 4. The molecule has 2 aromatic heterocycles. The first-order chi connectivity index (χ1) is 22.6. The summed E-state index contributed by atoms with van der Waals surface area (Å²) in [6.45, 7) is 4.25. The van der Waals surface area contributed by atoms with Crippen molar-refractivity contribution in [3.8, 4) is 28.6 Å². The van der Waals surface area contributed by atoms with Crippen LogP contribution in [0.1, 0.15) is 39.6 Å². The Morgan fingerprint density at radius 2 is 1.45 bits per heavy atom. The van der Waals surface area contributed by atoms with Gasteiger partial charge in [-0.2, -0.15) is 4.98 Å². The number of nitrogens with zero attached hydrogens (tertiary/aromatic N) is 5. The van der Waals surface area contributed by atoms with E-state index >= 15 is 0 Å². The summed E-state index contributed by atoms with van der Waals surface area (Å²) in [5, 5.41) is 12.3. The predicted octanol–water partition coefficient (Wildman–Crippen LogP) is 2.83. The van der Waals surface area contributed by atoms with Crippen molar-refractivity contribution in [2.75, 3.05) is 6.61 Å². The standard InChI is InChI=1S/C31H31N5O11/c1-17(37)41-16-25-26(43-18(2)38)27(44-19(3)39)28(45-20(4)40)31(46-25)36-14-23(33-35-36)15-42-24-12-10-22(11-13-24)30-32-29(34-47-30)21-8-6-5-7-9-21/h5-14,25-28,31H,15-16H2,1-4H3/t25-,26-,27+,28-,31-/m1/s1. The molecule has 1 fully saturated rings. The molecule has 0 saturated carbocycles. The average molecular weight is 650 g/mol. The topological polar surface area (TPSA) is 193 Å². The fraction of sp³-hybridized carbons (Fsp3) is 0.355. The smallest absolute Gasteiger partial charge is 0.303 e. The van der Waals surface area contributed by atoms with Crippen LogP contribution >= 0.6 is 0 Å². The van der Waals surface area contributed by atoms with Crippen molar-refractivity contribution in [1.82, 2.24) is 25.1 Å². The monoisotopic (exact) mass is 649 g/mol. The summed E-state index contributed by atoms with van der Waals surface area (Å²) in [5.41, 5.74) is 1.90. The van der Waals surface area contributed by atoms with E-state index in [1.807, 2.05) is 30.3 Å². The third-order valence-electron chi connectivity index (χ3n) is 6.73. The van der Waals surface area contributed by atoms with E-state index in [1.54, 1.807) is 24.3 Å². The molecule has 4 aromatic rings. The number of carbonyl (C=O) groups excluding carboxylic acids is 4. The molecule has 0 aliphatic carbocycles. The molecule has 16 nitrogen and oxygen atoms in total. The Bertz CT molecular complexity index is 1710. The third kappa shape index (κ3) is 8.35. The molecule has 3 heterocycles. The van der Waals surface area contributed by atoms with Crippen LogP contribution in [0.15, 0.2) is 65.3 Å². The fourth-order valence-corrected chi connectivity index (χ4v) is 4.82. The minimum absolute atomic E-state index is 0.0106. The molecule has 5 atom stereocenters. The van der Waals surface area contributed by atoms with Crippen molar-refractivity contribution < 1.29 is 52.1 Å². The van der Waals surface area contributed by atoms with Crippen molar-refractivity contribution >= 4 is 23.9 Å². The van der Waals surface area contributed by atoms with Gasteiger partial charge in [-0.25, -0.2) is 4.68 Å². The van der Waals surface area contributed by atoms with E-state index in [2.05, 4.69) is 20.5 Å². The highest BCUT2D eigenvalue weighted by atomic mass is 16.7. The molecule has 47 heavy (non-hydrogen) atoms. The van der Waals surface area contributed by atoms with Crippen LogP contribution in [0.2, 0.25) is 0 Å². The quantitative estimate of drug-likeness (QED) is 0.170. The summed E-state index contributed by atoms with van der Waals surface area (Å²) in [4.78, 5) is 52.2. The number of benzene rings is 2. The molecule has 1 saturated heterocycles. The van der Waals surface area contributed by atoms with Crippen LogP contribution in [0.25, 0.3) is 22.8 Å². The Morgan fingerprint density at radius 1 is 0.787 bits per heavy atom. The molecular formula is C31H31N5O11. The molecular weight excluding hydrogens is 618 g/mol. The normalized spacial score (nSPS) is 20.6. The average Bonchev–Trinajstić information content (AvgIpc) is 3.72. The Hall–Kier alpha value is -5.64. The van der Waals surface area contributed by atoms with Gasteiger partial charge in [-0.3, -0.25) is 19.2 Å². The highest BCUT2D eigenvalue weighted by Crippen LogP contribution is 2.34. The zero-order chi connectivity index (χ0) is 33.5. The van der Waals surface area contributed by atoms with Gasteiger partial charge in [-0.15, -0.1) is 5.10 Å². The maximum atomic E-state index is 12.1. The van der Waals surface area contributed by atoms with Gasteiger partial charge in [0.2, 0.25) is 5.82 Å². The molecule has 0 amide bonds. The van der Waals surface area contributed by atoms with Gasteiger partial charge in [0.15, 0.2) is 24.5 Å². The maximum absolute atomic E-state index is 12.1. The highest BCUT2D eigenvalue weighted by molar-refractivity contribution is 5.69. The van der Waals surface area contributed by atoms with Crippen LogP contribution in [0.4, 0.5) is 0 Å². The van der Waals surface area contributed by atoms with E-state index in [0.717, 1.165) is 26.3 Å². The van der Waals surface area contributed by atoms with E-state index in [0.29, 0.717) is 28.7 Å². The molecule has 1 aliphatic heterocycles. The van der Waals surface area contributed by atoms with E-state index in [4.69, 9.17) is 32.9 Å². The van der Waals surface area contributed by atoms with Crippen molar-refractivity contribution in [2.24, 2.45) is 0 Å².